The van der Waals surface area contributed by atoms with E-state index in [0.29, 0.717) is 6.04 Å². The first-order chi connectivity index (χ1) is 8.43. The summed E-state index contributed by atoms with van der Waals surface area (Å²) < 4.78 is 0. The molecule has 104 valence electrons. The molecule has 2 N–H and O–H groups in total. The fourth-order valence-electron chi connectivity index (χ4n) is 1.74. The number of nitrogens with one attached hydrogen (secondary N) is 2. The van der Waals surface area contributed by atoms with Crippen molar-refractivity contribution in [1.82, 2.24) is 10.6 Å². The van der Waals surface area contributed by atoms with Crippen LogP contribution in [0.2, 0.25) is 0 Å². The third kappa shape index (κ3) is 5.29. The molecule has 0 saturated carbocycles. The number of amidine groups is 1. The molecular formula is C13H25N3OS. The highest BCUT2D eigenvalue weighted by atomic mass is 32.2. The second kappa shape index (κ2) is 7.02. The minimum absolute atomic E-state index is 0.00429. The monoisotopic (exact) mass is 271 g/mol. The molecule has 1 heterocycles. The van der Waals surface area contributed by atoms with Crippen molar-refractivity contribution in [3.63, 3.8) is 0 Å². The van der Waals surface area contributed by atoms with E-state index in [-0.39, 0.29) is 17.9 Å². The predicted octanol–water partition coefficient (Wildman–Crippen LogP) is 2.01. The second-order valence-electron chi connectivity index (χ2n) is 5.67. The Morgan fingerprint density at radius 2 is 2.28 bits per heavy atom. The van der Waals surface area contributed by atoms with Gasteiger partial charge in [-0.05, 0) is 18.3 Å². The van der Waals surface area contributed by atoms with Crippen LogP contribution in [0.4, 0.5) is 0 Å². The molecule has 5 heteroatoms. The maximum atomic E-state index is 11.5. The molecule has 1 unspecified atom stereocenters. The first-order valence-electron chi connectivity index (χ1n) is 6.64. The number of nitrogens with zero attached hydrogens (tertiary/aromatic N) is 1. The number of carbonyl (C=O) groups excluding carboxylic acids is 1. The Labute approximate surface area is 114 Å². The summed E-state index contributed by atoms with van der Waals surface area (Å²) in [7, 11) is 0. The van der Waals surface area contributed by atoms with E-state index >= 15 is 0 Å². The number of carbonyl (C=O) groups is 1. The van der Waals surface area contributed by atoms with Gasteiger partial charge in [-0.3, -0.25) is 9.79 Å². The van der Waals surface area contributed by atoms with Gasteiger partial charge in [-0.15, -0.1) is 0 Å². The number of hydrogen-bond acceptors (Lipinski definition) is 3. The normalized spacial score (nSPS) is 22.7. The largest absolute Gasteiger partial charge is 0.362 e. The Hall–Kier alpha value is -0.710. The highest BCUT2D eigenvalue weighted by Crippen LogP contribution is 2.27. The summed E-state index contributed by atoms with van der Waals surface area (Å²) in [5.41, 5.74) is 0.228. The maximum absolute atomic E-state index is 11.5. The molecule has 1 saturated heterocycles. The summed E-state index contributed by atoms with van der Waals surface area (Å²) in [6, 6.07) is 0.441. The third-order valence-electron chi connectivity index (χ3n) is 2.93. The molecule has 0 bridgehead atoms. The van der Waals surface area contributed by atoms with E-state index in [2.05, 4.69) is 36.4 Å². The van der Waals surface area contributed by atoms with Gasteiger partial charge in [0, 0.05) is 18.3 Å². The fourth-order valence-corrected chi connectivity index (χ4v) is 2.67. The molecule has 0 aliphatic carbocycles. The maximum Gasteiger partial charge on any atom is 0.241 e. The summed E-state index contributed by atoms with van der Waals surface area (Å²) >= 11 is 1.71. The average Bonchev–Trinajstić information content (AvgIpc) is 2.33. The molecule has 1 atom stereocenters. The summed E-state index contributed by atoms with van der Waals surface area (Å²) in [5, 5.41) is 7.18. The second-order valence-corrected chi connectivity index (χ2v) is 6.76. The third-order valence-corrected chi connectivity index (χ3v) is 3.89. The Balaban J connectivity index is 2.44. The van der Waals surface area contributed by atoms with Crippen LogP contribution in [0.1, 0.15) is 40.5 Å². The molecule has 4 nitrogen and oxygen atoms in total. The van der Waals surface area contributed by atoms with Crippen LogP contribution in [-0.2, 0) is 4.79 Å². The Morgan fingerprint density at radius 1 is 1.56 bits per heavy atom. The van der Waals surface area contributed by atoms with E-state index in [0.717, 1.165) is 30.3 Å². The van der Waals surface area contributed by atoms with Crippen LogP contribution in [0.25, 0.3) is 0 Å². The predicted molar refractivity (Wildman–Crippen MR) is 79.1 cm³/mol. The summed E-state index contributed by atoms with van der Waals surface area (Å²) in [4.78, 5) is 15.8. The molecule has 0 radical (unpaired) electrons. The summed E-state index contributed by atoms with van der Waals surface area (Å²) in [5.74, 6) is 1.08. The number of thioether (sulfide) groups is 1. The van der Waals surface area contributed by atoms with Crippen molar-refractivity contribution in [2.75, 3.05) is 18.8 Å². The zero-order valence-electron chi connectivity index (χ0n) is 11.9. The van der Waals surface area contributed by atoms with Gasteiger partial charge in [0.05, 0.1) is 0 Å². The highest BCUT2D eigenvalue weighted by Gasteiger charge is 2.28. The fraction of sp³-hybridized carbons (Fsp3) is 0.846. The zero-order valence-corrected chi connectivity index (χ0v) is 12.7. The minimum atomic E-state index is 0.00429. The smallest absolute Gasteiger partial charge is 0.241 e. The van der Waals surface area contributed by atoms with Crippen LogP contribution >= 0.6 is 11.8 Å². The van der Waals surface area contributed by atoms with E-state index in [9.17, 15) is 4.79 Å². The van der Waals surface area contributed by atoms with Gasteiger partial charge >= 0.3 is 0 Å². The van der Waals surface area contributed by atoms with Crippen molar-refractivity contribution in [3.05, 3.63) is 0 Å². The number of hydrogen-bond donors (Lipinski definition) is 2. The molecular weight excluding hydrogens is 246 g/mol. The van der Waals surface area contributed by atoms with Crippen molar-refractivity contribution < 1.29 is 4.79 Å². The molecule has 1 rings (SSSR count). The van der Waals surface area contributed by atoms with E-state index in [1.807, 2.05) is 6.92 Å². The summed E-state index contributed by atoms with van der Waals surface area (Å²) in [6.07, 6.45) is 2.11. The van der Waals surface area contributed by atoms with Crippen LogP contribution in [0, 0.1) is 5.41 Å². The number of amides is 1. The lowest BCUT2D eigenvalue weighted by Gasteiger charge is -2.35. The van der Waals surface area contributed by atoms with E-state index < -0.39 is 0 Å². The first kappa shape index (κ1) is 15.3. The molecule has 0 aromatic rings. The van der Waals surface area contributed by atoms with Crippen molar-refractivity contribution in [1.29, 1.82) is 0 Å². The van der Waals surface area contributed by atoms with Crippen LogP contribution in [0.5, 0.6) is 0 Å². The quantitative estimate of drug-likeness (QED) is 0.822. The van der Waals surface area contributed by atoms with E-state index in [1.165, 1.54) is 0 Å². The van der Waals surface area contributed by atoms with Crippen LogP contribution in [0.3, 0.4) is 0 Å². The van der Waals surface area contributed by atoms with Gasteiger partial charge in [-0.1, -0.05) is 39.5 Å². The topological polar surface area (TPSA) is 53.5 Å². The molecule has 1 amide bonds. The van der Waals surface area contributed by atoms with Crippen molar-refractivity contribution in [3.8, 4) is 0 Å². The number of rotatable bonds is 4. The van der Waals surface area contributed by atoms with Gasteiger partial charge in [-0.2, -0.15) is 0 Å². The minimum Gasteiger partial charge on any atom is -0.362 e. The van der Waals surface area contributed by atoms with Crippen LogP contribution in [-0.4, -0.2) is 36.0 Å². The molecule has 18 heavy (non-hydrogen) atoms. The van der Waals surface area contributed by atoms with Crippen molar-refractivity contribution >= 4 is 22.8 Å². The van der Waals surface area contributed by atoms with Gasteiger partial charge in [0.25, 0.3) is 0 Å². The standard InChI is InChI=1S/C13H25N3OS/c1-5-7-14-11(17)9-15-12-16-10(6-8-18-12)13(2,3)4/h10H,5-9H2,1-4H3,(H,14,17)(H,15,16). The lowest BCUT2D eigenvalue weighted by atomic mass is 9.85. The Bertz CT molecular complexity index is 310. The van der Waals surface area contributed by atoms with Gasteiger partial charge in [0.15, 0.2) is 5.17 Å². The first-order valence-corrected chi connectivity index (χ1v) is 7.62. The SMILES string of the molecule is CCCNC(=O)CN=C1NC(C(C)(C)C)CCS1. The van der Waals surface area contributed by atoms with Crippen molar-refractivity contribution in [2.45, 2.75) is 46.6 Å². The molecule has 1 aliphatic rings. The molecule has 0 spiro atoms. The molecule has 1 fully saturated rings. The van der Waals surface area contributed by atoms with Gasteiger partial charge in [0.1, 0.15) is 6.54 Å². The van der Waals surface area contributed by atoms with E-state index in [4.69, 9.17) is 0 Å². The zero-order chi connectivity index (χ0) is 13.6. The van der Waals surface area contributed by atoms with Crippen LogP contribution in [0.15, 0.2) is 4.99 Å². The molecule has 0 aromatic heterocycles. The van der Waals surface area contributed by atoms with Crippen LogP contribution < -0.4 is 10.6 Å². The molecule has 1 aliphatic heterocycles. The van der Waals surface area contributed by atoms with Gasteiger partial charge in [0.2, 0.25) is 5.91 Å². The highest BCUT2D eigenvalue weighted by molar-refractivity contribution is 8.13. The number of aliphatic imine (C=N–C) groups is 1. The average molecular weight is 271 g/mol. The Kier molecular flexibility index (Phi) is 5.99. The molecule has 0 aromatic carbocycles. The van der Waals surface area contributed by atoms with E-state index in [1.54, 1.807) is 11.8 Å². The Morgan fingerprint density at radius 3 is 2.89 bits per heavy atom. The van der Waals surface area contributed by atoms with Gasteiger partial charge < -0.3 is 10.6 Å². The summed E-state index contributed by atoms with van der Waals surface area (Å²) in [6.45, 7) is 9.68. The van der Waals surface area contributed by atoms with Crippen molar-refractivity contribution in [2.24, 2.45) is 10.4 Å². The lowest BCUT2D eigenvalue weighted by Crippen LogP contribution is -2.46. The lowest BCUT2D eigenvalue weighted by molar-refractivity contribution is -0.119. The van der Waals surface area contributed by atoms with Gasteiger partial charge in [-0.25, -0.2) is 0 Å².